The van der Waals surface area contributed by atoms with E-state index in [0.717, 1.165) is 15.8 Å². The van der Waals surface area contributed by atoms with E-state index < -0.39 is 12.0 Å². The van der Waals surface area contributed by atoms with Gasteiger partial charge in [-0.2, -0.15) is 9.78 Å². The zero-order chi connectivity index (χ0) is 18.8. The van der Waals surface area contributed by atoms with Crippen LogP contribution in [0.25, 0.3) is 22.0 Å². The van der Waals surface area contributed by atoms with Crippen LogP contribution in [-0.2, 0) is 0 Å². The average molecular weight is 359 g/mol. The zero-order valence-electron chi connectivity index (χ0n) is 13.9. The fraction of sp³-hybridized carbons (Fsp3) is 0. The highest BCUT2D eigenvalue weighted by molar-refractivity contribution is 6.06. The fourth-order valence-corrected chi connectivity index (χ4v) is 2.76. The Labute approximate surface area is 153 Å². The summed E-state index contributed by atoms with van der Waals surface area (Å²) in [6.45, 7) is 0. The van der Waals surface area contributed by atoms with E-state index in [2.05, 4.69) is 20.4 Å². The molecule has 2 N–H and O–H groups in total. The lowest BCUT2D eigenvalue weighted by molar-refractivity contribution is 0.0692. The molecule has 0 spiro atoms. The zero-order valence-corrected chi connectivity index (χ0v) is 13.9. The lowest BCUT2D eigenvalue weighted by atomic mass is 10.0. The average Bonchev–Trinajstić information content (AvgIpc) is 3.09. The molecule has 8 nitrogen and oxygen atoms in total. The molecule has 27 heavy (non-hydrogen) atoms. The van der Waals surface area contributed by atoms with Crippen molar-refractivity contribution in [3.8, 4) is 11.1 Å². The molecule has 0 unspecified atom stereocenters. The van der Waals surface area contributed by atoms with Gasteiger partial charge in [-0.25, -0.2) is 9.59 Å². The number of pyridine rings is 2. The van der Waals surface area contributed by atoms with Gasteiger partial charge in [0.1, 0.15) is 0 Å². The number of hydrogen-bond donors (Lipinski definition) is 2. The topological polar surface area (TPSA) is 110 Å². The van der Waals surface area contributed by atoms with Crippen molar-refractivity contribution in [2.45, 2.75) is 0 Å². The lowest BCUT2D eigenvalue weighted by Gasteiger charge is -2.06. The second-order valence-electron chi connectivity index (χ2n) is 5.71. The van der Waals surface area contributed by atoms with Gasteiger partial charge in [-0.05, 0) is 35.9 Å². The molecule has 0 aliphatic rings. The molecule has 1 amide bonds. The Morgan fingerprint density at radius 2 is 1.78 bits per heavy atom. The van der Waals surface area contributed by atoms with Crippen LogP contribution in [0.1, 0.15) is 10.5 Å². The largest absolute Gasteiger partial charge is 0.476 e. The van der Waals surface area contributed by atoms with Gasteiger partial charge in [0, 0.05) is 41.4 Å². The molecule has 0 radical (unpaired) electrons. The number of carbonyl (C=O) groups is 2. The summed E-state index contributed by atoms with van der Waals surface area (Å²) >= 11 is 0. The second-order valence-corrected chi connectivity index (χ2v) is 5.71. The molecule has 0 fully saturated rings. The summed E-state index contributed by atoms with van der Waals surface area (Å²) in [5.74, 6) is -1.21. The van der Waals surface area contributed by atoms with E-state index in [4.69, 9.17) is 0 Å². The number of aromatic nitrogens is 4. The van der Waals surface area contributed by atoms with Crippen molar-refractivity contribution >= 4 is 28.6 Å². The van der Waals surface area contributed by atoms with Gasteiger partial charge < -0.3 is 10.4 Å². The Bertz CT molecular complexity index is 1140. The maximum atomic E-state index is 12.6. The summed E-state index contributed by atoms with van der Waals surface area (Å²) in [5, 5.41) is 16.5. The molecule has 4 rings (SSSR count). The molecule has 0 saturated heterocycles. The van der Waals surface area contributed by atoms with E-state index in [9.17, 15) is 14.7 Å². The number of carboxylic acids is 1. The summed E-state index contributed by atoms with van der Waals surface area (Å²) in [5.41, 5.74) is 2.35. The molecular weight excluding hydrogens is 346 g/mol. The Morgan fingerprint density at radius 1 is 0.963 bits per heavy atom. The van der Waals surface area contributed by atoms with E-state index in [0.29, 0.717) is 16.6 Å². The predicted octanol–water partition coefficient (Wildman–Crippen LogP) is 3.27. The first-order valence-electron chi connectivity index (χ1n) is 8.01. The minimum atomic E-state index is -1.21. The molecular formula is C19H13N5O3. The second kappa shape index (κ2) is 6.68. The molecule has 0 aliphatic carbocycles. The van der Waals surface area contributed by atoms with Crippen molar-refractivity contribution in [1.29, 1.82) is 0 Å². The molecule has 0 saturated carbocycles. The van der Waals surface area contributed by atoms with Crippen LogP contribution >= 0.6 is 0 Å². The number of nitrogens with zero attached hydrogens (tertiary/aromatic N) is 4. The van der Waals surface area contributed by atoms with Crippen LogP contribution < -0.4 is 5.32 Å². The molecule has 132 valence electrons. The van der Waals surface area contributed by atoms with Crippen LogP contribution in [0.2, 0.25) is 0 Å². The Hall–Kier alpha value is -4.07. The smallest absolute Gasteiger partial charge is 0.357 e. The molecule has 8 heteroatoms. The Balaban J connectivity index is 1.80. The first-order valence-corrected chi connectivity index (χ1v) is 8.01. The summed E-state index contributed by atoms with van der Waals surface area (Å²) < 4.78 is 1.05. The number of carboxylic acid groups (broad SMARTS) is 1. The summed E-state index contributed by atoms with van der Waals surface area (Å²) in [6, 6.07) is 11.5. The maximum absolute atomic E-state index is 12.6. The van der Waals surface area contributed by atoms with Gasteiger partial charge >= 0.3 is 12.0 Å². The van der Waals surface area contributed by atoms with E-state index in [-0.39, 0.29) is 5.69 Å². The minimum absolute atomic E-state index is 0.194. The van der Waals surface area contributed by atoms with Crippen LogP contribution in [-0.4, -0.2) is 36.9 Å². The standard InChI is InChI=1S/C19H13N5O3/c25-18(26)17-15-10-12(13-2-1-7-21-11-13)3-4-16(15)24(23-17)19(27)22-14-5-8-20-9-6-14/h1-11H,(H,25,26)(H,20,22,27). The number of rotatable bonds is 3. The monoisotopic (exact) mass is 359 g/mol. The number of aromatic carboxylic acids is 1. The third-order valence-corrected chi connectivity index (χ3v) is 4.00. The number of hydrogen-bond acceptors (Lipinski definition) is 5. The van der Waals surface area contributed by atoms with Crippen molar-refractivity contribution in [3.05, 3.63) is 72.9 Å². The van der Waals surface area contributed by atoms with Crippen molar-refractivity contribution < 1.29 is 14.7 Å². The molecule has 3 aromatic heterocycles. The predicted molar refractivity (Wildman–Crippen MR) is 98.6 cm³/mol. The van der Waals surface area contributed by atoms with Crippen LogP contribution in [0.15, 0.2) is 67.3 Å². The molecule has 1 aromatic carbocycles. The lowest BCUT2D eigenvalue weighted by Crippen LogP contribution is -2.21. The highest BCUT2D eigenvalue weighted by Gasteiger charge is 2.20. The van der Waals surface area contributed by atoms with Crippen molar-refractivity contribution in [2.24, 2.45) is 0 Å². The van der Waals surface area contributed by atoms with Gasteiger partial charge in [-0.15, -0.1) is 0 Å². The van der Waals surface area contributed by atoms with Gasteiger partial charge in [0.05, 0.1) is 5.52 Å². The van der Waals surface area contributed by atoms with Gasteiger partial charge in [0.25, 0.3) is 0 Å². The fourth-order valence-electron chi connectivity index (χ4n) is 2.76. The number of amides is 1. The number of nitrogens with one attached hydrogen (secondary N) is 1. The van der Waals surface area contributed by atoms with Crippen LogP contribution in [0.3, 0.4) is 0 Å². The van der Waals surface area contributed by atoms with Crippen LogP contribution in [0.4, 0.5) is 10.5 Å². The Kier molecular flexibility index (Phi) is 4.06. The van der Waals surface area contributed by atoms with Gasteiger partial charge in [0.2, 0.25) is 0 Å². The molecule has 0 atom stereocenters. The quantitative estimate of drug-likeness (QED) is 0.581. The van der Waals surface area contributed by atoms with Crippen LogP contribution in [0.5, 0.6) is 0 Å². The van der Waals surface area contributed by atoms with Crippen molar-refractivity contribution in [1.82, 2.24) is 19.7 Å². The first-order chi connectivity index (χ1) is 13.1. The van der Waals surface area contributed by atoms with Crippen LogP contribution in [0, 0.1) is 0 Å². The van der Waals surface area contributed by atoms with E-state index in [1.807, 2.05) is 6.07 Å². The van der Waals surface area contributed by atoms with E-state index in [1.54, 1.807) is 61.2 Å². The highest BCUT2D eigenvalue weighted by atomic mass is 16.4. The molecule has 3 heterocycles. The van der Waals surface area contributed by atoms with Gasteiger partial charge in [-0.1, -0.05) is 12.1 Å². The van der Waals surface area contributed by atoms with E-state index >= 15 is 0 Å². The van der Waals surface area contributed by atoms with Crippen molar-refractivity contribution in [2.75, 3.05) is 5.32 Å². The normalized spacial score (nSPS) is 10.7. The maximum Gasteiger partial charge on any atom is 0.357 e. The number of benzene rings is 1. The van der Waals surface area contributed by atoms with E-state index in [1.165, 1.54) is 0 Å². The summed E-state index contributed by atoms with van der Waals surface area (Å²) in [7, 11) is 0. The van der Waals surface area contributed by atoms with Gasteiger partial charge in [0.15, 0.2) is 5.69 Å². The molecule has 0 aliphatic heterocycles. The third kappa shape index (κ3) is 3.11. The summed E-state index contributed by atoms with van der Waals surface area (Å²) in [6.07, 6.45) is 6.42. The minimum Gasteiger partial charge on any atom is -0.476 e. The summed E-state index contributed by atoms with van der Waals surface area (Å²) in [4.78, 5) is 32.2. The molecule has 4 aromatic rings. The highest BCUT2D eigenvalue weighted by Crippen LogP contribution is 2.26. The number of anilines is 1. The SMILES string of the molecule is O=C(O)c1nn(C(=O)Nc2ccncc2)c2ccc(-c3cccnc3)cc12. The third-order valence-electron chi connectivity index (χ3n) is 4.00. The van der Waals surface area contributed by atoms with Crippen molar-refractivity contribution in [3.63, 3.8) is 0 Å². The number of fused-ring (bicyclic) bond motifs is 1. The molecule has 0 bridgehead atoms. The Morgan fingerprint density at radius 3 is 2.48 bits per heavy atom. The number of carbonyl (C=O) groups excluding carboxylic acids is 1. The van der Waals surface area contributed by atoms with Gasteiger partial charge in [-0.3, -0.25) is 9.97 Å². The first kappa shape index (κ1) is 16.4.